The van der Waals surface area contributed by atoms with Crippen molar-refractivity contribution >= 4 is 28.4 Å². The van der Waals surface area contributed by atoms with Crippen LogP contribution in [0.2, 0.25) is 0 Å². The first kappa shape index (κ1) is 16.5. The monoisotopic (exact) mass is 344 g/mol. The summed E-state index contributed by atoms with van der Waals surface area (Å²) in [5.41, 5.74) is 4.94. The molecule has 0 saturated carbocycles. The van der Waals surface area contributed by atoms with Gasteiger partial charge in [0.15, 0.2) is 0 Å². The van der Waals surface area contributed by atoms with E-state index in [0.717, 1.165) is 16.5 Å². The van der Waals surface area contributed by atoms with E-state index in [1.165, 1.54) is 16.0 Å². The lowest BCUT2D eigenvalue weighted by Crippen LogP contribution is -2.30. The minimum atomic E-state index is -0.298. The minimum absolute atomic E-state index is 0.114. The molecule has 1 saturated heterocycles. The van der Waals surface area contributed by atoms with Crippen LogP contribution in [0, 0.1) is 19.8 Å². The summed E-state index contributed by atoms with van der Waals surface area (Å²) < 4.78 is 0. The first-order valence-electron chi connectivity index (χ1n) is 8.80. The molecule has 4 rings (SSSR count). The molecule has 130 valence electrons. The van der Waals surface area contributed by atoms with Crippen molar-refractivity contribution in [1.29, 1.82) is 0 Å². The van der Waals surface area contributed by atoms with Gasteiger partial charge >= 0.3 is 0 Å². The van der Waals surface area contributed by atoms with Gasteiger partial charge in [0.25, 0.3) is 0 Å². The van der Waals surface area contributed by atoms with Gasteiger partial charge in [-0.25, -0.2) is 0 Å². The lowest BCUT2D eigenvalue weighted by atomic mass is 9.95. The van der Waals surface area contributed by atoms with Crippen molar-refractivity contribution in [2.45, 2.75) is 26.7 Å². The number of carbonyl (C=O) groups excluding carboxylic acids is 2. The summed E-state index contributed by atoms with van der Waals surface area (Å²) in [6, 6.07) is 15.6. The quantitative estimate of drug-likeness (QED) is 0.676. The largest absolute Gasteiger partial charge is 0.274 e. The molecule has 26 heavy (non-hydrogen) atoms. The van der Waals surface area contributed by atoms with Gasteiger partial charge in [0, 0.05) is 18.0 Å². The van der Waals surface area contributed by atoms with Crippen LogP contribution in [0.1, 0.15) is 23.1 Å². The zero-order valence-electron chi connectivity index (χ0n) is 14.9. The summed E-state index contributed by atoms with van der Waals surface area (Å²) in [5, 5.41) is 0.920. The van der Waals surface area contributed by atoms with Gasteiger partial charge in [0.2, 0.25) is 11.8 Å². The molecule has 0 bridgehead atoms. The SMILES string of the molecule is Cc1cc(C)cc(CC2CC(=O)N(c3ccc4ncccc4c3)C2=O)c1. The predicted molar refractivity (Wildman–Crippen MR) is 102 cm³/mol. The fourth-order valence-corrected chi connectivity index (χ4v) is 3.80. The Morgan fingerprint density at radius 3 is 2.58 bits per heavy atom. The number of nitrogens with zero attached hydrogens (tertiary/aromatic N) is 2. The second-order valence-electron chi connectivity index (χ2n) is 7.05. The van der Waals surface area contributed by atoms with Gasteiger partial charge in [-0.05, 0) is 50.1 Å². The van der Waals surface area contributed by atoms with Crippen LogP contribution in [0.3, 0.4) is 0 Å². The van der Waals surface area contributed by atoms with Crippen LogP contribution in [0.25, 0.3) is 10.9 Å². The molecule has 0 aliphatic carbocycles. The maximum atomic E-state index is 12.9. The fourth-order valence-electron chi connectivity index (χ4n) is 3.80. The van der Waals surface area contributed by atoms with Gasteiger partial charge in [-0.3, -0.25) is 19.5 Å². The molecule has 2 heterocycles. The normalized spacial score (nSPS) is 17.3. The summed E-state index contributed by atoms with van der Waals surface area (Å²) in [5.74, 6) is -0.543. The molecule has 1 unspecified atom stereocenters. The van der Waals surface area contributed by atoms with Crippen molar-refractivity contribution in [3.05, 3.63) is 71.4 Å². The number of rotatable bonds is 3. The summed E-state index contributed by atoms with van der Waals surface area (Å²) >= 11 is 0. The van der Waals surface area contributed by atoms with E-state index in [1.54, 1.807) is 12.3 Å². The number of hydrogen-bond donors (Lipinski definition) is 0. The molecule has 0 spiro atoms. The zero-order chi connectivity index (χ0) is 18.3. The third kappa shape index (κ3) is 2.99. The number of carbonyl (C=O) groups is 2. The van der Waals surface area contributed by atoms with E-state index >= 15 is 0 Å². The van der Waals surface area contributed by atoms with Gasteiger partial charge in [-0.2, -0.15) is 0 Å². The highest BCUT2D eigenvalue weighted by molar-refractivity contribution is 6.21. The molecule has 0 radical (unpaired) electrons. The van der Waals surface area contributed by atoms with Gasteiger partial charge in [0.05, 0.1) is 17.1 Å². The smallest absolute Gasteiger partial charge is 0.237 e. The minimum Gasteiger partial charge on any atom is -0.274 e. The van der Waals surface area contributed by atoms with Gasteiger partial charge in [-0.15, -0.1) is 0 Å². The first-order valence-corrected chi connectivity index (χ1v) is 8.80. The van der Waals surface area contributed by atoms with Crippen LogP contribution in [0.4, 0.5) is 5.69 Å². The van der Waals surface area contributed by atoms with Crippen molar-refractivity contribution in [3.8, 4) is 0 Å². The van der Waals surface area contributed by atoms with Gasteiger partial charge in [0.1, 0.15) is 0 Å². The molecule has 2 aromatic carbocycles. The number of benzene rings is 2. The molecule has 0 N–H and O–H groups in total. The molecular formula is C22H20N2O2. The van der Waals surface area contributed by atoms with Gasteiger partial charge < -0.3 is 0 Å². The summed E-state index contributed by atoms with van der Waals surface area (Å²) in [7, 11) is 0. The number of aryl methyl sites for hydroxylation is 2. The van der Waals surface area contributed by atoms with E-state index in [4.69, 9.17) is 0 Å². The highest BCUT2D eigenvalue weighted by Crippen LogP contribution is 2.30. The number of pyridine rings is 1. The summed E-state index contributed by atoms with van der Waals surface area (Å²) in [6.07, 6.45) is 2.59. The number of amides is 2. The summed E-state index contributed by atoms with van der Waals surface area (Å²) in [6.45, 7) is 4.10. The average molecular weight is 344 g/mol. The highest BCUT2D eigenvalue weighted by atomic mass is 16.2. The lowest BCUT2D eigenvalue weighted by Gasteiger charge is -2.16. The van der Waals surface area contributed by atoms with Crippen molar-refractivity contribution in [2.24, 2.45) is 5.92 Å². The summed E-state index contributed by atoms with van der Waals surface area (Å²) in [4.78, 5) is 31.1. The van der Waals surface area contributed by atoms with E-state index in [-0.39, 0.29) is 24.2 Å². The van der Waals surface area contributed by atoms with E-state index in [2.05, 4.69) is 23.2 Å². The molecule has 1 fully saturated rings. The molecule has 4 heteroatoms. The molecule has 3 aromatic rings. The topological polar surface area (TPSA) is 50.3 Å². The third-order valence-electron chi connectivity index (χ3n) is 4.85. The Balaban J connectivity index is 1.62. The Labute approximate surface area is 152 Å². The molecular weight excluding hydrogens is 324 g/mol. The Bertz CT molecular complexity index is 1010. The van der Waals surface area contributed by atoms with Crippen LogP contribution in [-0.2, 0) is 16.0 Å². The molecule has 1 aromatic heterocycles. The van der Waals surface area contributed by atoms with Crippen LogP contribution in [0.5, 0.6) is 0 Å². The molecule has 4 nitrogen and oxygen atoms in total. The van der Waals surface area contributed by atoms with Crippen LogP contribution >= 0.6 is 0 Å². The average Bonchev–Trinajstić information content (AvgIpc) is 2.87. The number of fused-ring (bicyclic) bond motifs is 1. The predicted octanol–water partition coefficient (Wildman–Crippen LogP) is 3.97. The number of anilines is 1. The van der Waals surface area contributed by atoms with Crippen molar-refractivity contribution in [3.63, 3.8) is 0 Å². The van der Waals surface area contributed by atoms with Crippen molar-refractivity contribution < 1.29 is 9.59 Å². The van der Waals surface area contributed by atoms with E-state index < -0.39 is 0 Å². The van der Waals surface area contributed by atoms with E-state index in [0.29, 0.717) is 12.1 Å². The van der Waals surface area contributed by atoms with Crippen LogP contribution in [0.15, 0.2) is 54.7 Å². The molecule has 1 atom stereocenters. The Hall–Kier alpha value is -3.01. The van der Waals surface area contributed by atoms with Crippen molar-refractivity contribution in [1.82, 2.24) is 4.98 Å². The molecule has 2 amide bonds. The van der Waals surface area contributed by atoms with E-state index in [1.807, 2.05) is 38.1 Å². The second kappa shape index (κ2) is 6.37. The highest BCUT2D eigenvalue weighted by Gasteiger charge is 2.39. The van der Waals surface area contributed by atoms with Crippen LogP contribution in [-0.4, -0.2) is 16.8 Å². The molecule has 1 aliphatic heterocycles. The lowest BCUT2D eigenvalue weighted by molar-refractivity contribution is -0.122. The van der Waals surface area contributed by atoms with E-state index in [9.17, 15) is 9.59 Å². The standard InChI is InChI=1S/C22H20N2O2/c1-14-8-15(2)10-16(9-14)11-18-13-21(25)24(22(18)26)19-5-6-20-17(12-19)4-3-7-23-20/h3-10,12,18H,11,13H2,1-2H3. The zero-order valence-corrected chi connectivity index (χ0v) is 14.9. The number of hydrogen-bond acceptors (Lipinski definition) is 3. The maximum Gasteiger partial charge on any atom is 0.237 e. The number of aromatic nitrogens is 1. The van der Waals surface area contributed by atoms with Crippen molar-refractivity contribution in [2.75, 3.05) is 4.90 Å². The van der Waals surface area contributed by atoms with Gasteiger partial charge in [-0.1, -0.05) is 35.4 Å². The fraction of sp³-hybridized carbons (Fsp3) is 0.227. The maximum absolute atomic E-state index is 12.9. The second-order valence-corrected chi connectivity index (χ2v) is 7.05. The third-order valence-corrected chi connectivity index (χ3v) is 4.85. The molecule has 1 aliphatic rings. The first-order chi connectivity index (χ1) is 12.5. The Kier molecular flexibility index (Phi) is 4.03. The Morgan fingerprint density at radius 2 is 1.81 bits per heavy atom. The number of imide groups is 1. The Morgan fingerprint density at radius 1 is 1.04 bits per heavy atom. The van der Waals surface area contributed by atoms with Crippen LogP contribution < -0.4 is 4.90 Å².